The molecule has 2 heterocycles. The first-order valence-electron chi connectivity index (χ1n) is 10.4. The monoisotopic (exact) mass is 427 g/mol. The first-order chi connectivity index (χ1) is 14.3. The molecule has 0 saturated carbocycles. The Hall–Kier alpha value is -2.29. The van der Waals surface area contributed by atoms with Gasteiger partial charge in [-0.1, -0.05) is 19.4 Å². The molecule has 0 unspecified atom stereocenters. The molecule has 2 aliphatic rings. The second kappa shape index (κ2) is 9.68. The molecule has 6 nitrogen and oxygen atoms in total. The van der Waals surface area contributed by atoms with Gasteiger partial charge in [0.15, 0.2) is 0 Å². The summed E-state index contributed by atoms with van der Waals surface area (Å²) >= 11 is 0. The molecule has 0 bridgehead atoms. The second-order valence-corrected chi connectivity index (χ2v) is 7.87. The Labute approximate surface area is 174 Å². The van der Waals surface area contributed by atoms with Gasteiger partial charge in [0, 0.05) is 38.3 Å². The summed E-state index contributed by atoms with van der Waals surface area (Å²) in [5.41, 5.74) is -0.681. The standard InChI is InChI=1S/C21H28F3N3O3/c1-2-15-14-27(7-6-16(15)12-19(28)26-8-10-30-11-9-26)20(29)25-18-5-3-4-17(13-18)21(22,23)24/h3-5,13,15-16H,2,6-12,14H2,1H3,(H,25,29)/t15-,16+/m1/s1. The van der Waals surface area contributed by atoms with Crippen LogP contribution in [-0.4, -0.2) is 61.1 Å². The Morgan fingerprint density at radius 3 is 2.53 bits per heavy atom. The summed E-state index contributed by atoms with van der Waals surface area (Å²) in [6, 6.07) is 4.21. The Morgan fingerprint density at radius 2 is 1.87 bits per heavy atom. The van der Waals surface area contributed by atoms with Crippen LogP contribution in [0.5, 0.6) is 0 Å². The fourth-order valence-electron chi connectivity index (χ4n) is 4.14. The third-order valence-electron chi connectivity index (χ3n) is 5.94. The predicted molar refractivity (Wildman–Crippen MR) is 106 cm³/mol. The van der Waals surface area contributed by atoms with Crippen molar-refractivity contribution < 1.29 is 27.5 Å². The number of carbonyl (C=O) groups excluding carboxylic acids is 2. The van der Waals surface area contributed by atoms with E-state index in [0.717, 1.165) is 18.6 Å². The highest BCUT2D eigenvalue weighted by Crippen LogP contribution is 2.32. The van der Waals surface area contributed by atoms with E-state index in [1.165, 1.54) is 12.1 Å². The van der Waals surface area contributed by atoms with Crippen LogP contribution < -0.4 is 5.32 Å². The number of likely N-dealkylation sites (tertiary alicyclic amines) is 1. The van der Waals surface area contributed by atoms with Crippen molar-refractivity contribution in [1.82, 2.24) is 9.80 Å². The minimum Gasteiger partial charge on any atom is -0.378 e. The number of amides is 3. The molecule has 0 aromatic heterocycles. The summed E-state index contributed by atoms with van der Waals surface area (Å²) in [6.45, 7) is 5.37. The number of urea groups is 1. The maximum absolute atomic E-state index is 12.9. The molecule has 1 aromatic rings. The zero-order valence-electron chi connectivity index (χ0n) is 17.1. The van der Waals surface area contributed by atoms with E-state index < -0.39 is 17.8 Å². The van der Waals surface area contributed by atoms with Crippen LogP contribution in [0.1, 0.15) is 31.7 Å². The van der Waals surface area contributed by atoms with Gasteiger partial charge in [0.05, 0.1) is 18.8 Å². The Balaban J connectivity index is 1.56. The van der Waals surface area contributed by atoms with Crippen molar-refractivity contribution in [2.24, 2.45) is 11.8 Å². The number of alkyl halides is 3. The topological polar surface area (TPSA) is 61.9 Å². The summed E-state index contributed by atoms with van der Waals surface area (Å²) in [5.74, 6) is 0.502. The molecule has 0 aliphatic carbocycles. The maximum atomic E-state index is 12.9. The predicted octanol–water partition coefficient (Wildman–Crippen LogP) is 3.83. The van der Waals surface area contributed by atoms with Gasteiger partial charge in [-0.25, -0.2) is 4.79 Å². The fraction of sp³-hybridized carbons (Fsp3) is 0.619. The van der Waals surface area contributed by atoms with Crippen LogP contribution in [0.2, 0.25) is 0 Å². The van der Waals surface area contributed by atoms with E-state index in [-0.39, 0.29) is 23.4 Å². The van der Waals surface area contributed by atoms with Crippen molar-refractivity contribution in [3.05, 3.63) is 29.8 Å². The minimum atomic E-state index is -4.46. The van der Waals surface area contributed by atoms with Gasteiger partial charge in [-0.3, -0.25) is 4.79 Å². The lowest BCUT2D eigenvalue weighted by atomic mass is 9.81. The maximum Gasteiger partial charge on any atom is 0.416 e. The molecule has 0 radical (unpaired) electrons. The quantitative estimate of drug-likeness (QED) is 0.794. The van der Waals surface area contributed by atoms with Crippen LogP contribution in [-0.2, 0) is 15.7 Å². The average Bonchev–Trinajstić information content (AvgIpc) is 2.74. The van der Waals surface area contributed by atoms with E-state index in [4.69, 9.17) is 4.74 Å². The van der Waals surface area contributed by atoms with Gasteiger partial charge in [-0.05, 0) is 36.5 Å². The van der Waals surface area contributed by atoms with Crippen molar-refractivity contribution in [3.63, 3.8) is 0 Å². The highest BCUT2D eigenvalue weighted by atomic mass is 19.4. The van der Waals surface area contributed by atoms with Gasteiger partial charge in [0.2, 0.25) is 5.91 Å². The molecule has 2 aliphatic heterocycles. The molecule has 30 heavy (non-hydrogen) atoms. The normalized spacial score (nSPS) is 22.7. The number of nitrogens with zero attached hydrogens (tertiary/aromatic N) is 2. The molecule has 1 aromatic carbocycles. The van der Waals surface area contributed by atoms with E-state index in [1.807, 2.05) is 11.8 Å². The highest BCUT2D eigenvalue weighted by Gasteiger charge is 2.34. The number of rotatable bonds is 4. The van der Waals surface area contributed by atoms with E-state index in [0.29, 0.717) is 52.2 Å². The third-order valence-corrected chi connectivity index (χ3v) is 5.94. The molecule has 3 rings (SSSR count). The number of hydrogen-bond donors (Lipinski definition) is 1. The van der Waals surface area contributed by atoms with Gasteiger partial charge in [-0.2, -0.15) is 13.2 Å². The number of piperidine rings is 1. The summed E-state index contributed by atoms with van der Waals surface area (Å²) in [5, 5.41) is 2.57. The zero-order chi connectivity index (χ0) is 21.7. The van der Waals surface area contributed by atoms with Crippen LogP contribution >= 0.6 is 0 Å². The molecule has 9 heteroatoms. The zero-order valence-corrected chi connectivity index (χ0v) is 17.1. The summed E-state index contributed by atoms with van der Waals surface area (Å²) in [7, 11) is 0. The van der Waals surface area contributed by atoms with Crippen molar-refractivity contribution in [2.45, 2.75) is 32.4 Å². The van der Waals surface area contributed by atoms with Gasteiger partial charge in [0.25, 0.3) is 0 Å². The second-order valence-electron chi connectivity index (χ2n) is 7.87. The Kier molecular flexibility index (Phi) is 7.23. The summed E-state index contributed by atoms with van der Waals surface area (Å²) in [6.07, 6.45) is -2.47. The van der Waals surface area contributed by atoms with Gasteiger partial charge < -0.3 is 19.9 Å². The summed E-state index contributed by atoms with van der Waals surface area (Å²) in [4.78, 5) is 28.7. The molecule has 3 amide bonds. The van der Waals surface area contributed by atoms with Crippen LogP contribution in [0.3, 0.4) is 0 Å². The number of morpholine rings is 1. The summed E-state index contributed by atoms with van der Waals surface area (Å²) < 4.78 is 43.9. The molecule has 2 atom stereocenters. The number of anilines is 1. The first-order valence-corrected chi connectivity index (χ1v) is 10.4. The number of benzene rings is 1. The lowest BCUT2D eigenvalue weighted by Crippen LogP contribution is -2.47. The Morgan fingerprint density at radius 1 is 1.13 bits per heavy atom. The Bertz CT molecular complexity index is 751. The number of carbonyl (C=O) groups is 2. The molecule has 0 spiro atoms. The molecular formula is C21H28F3N3O3. The van der Waals surface area contributed by atoms with E-state index in [9.17, 15) is 22.8 Å². The van der Waals surface area contributed by atoms with Gasteiger partial charge >= 0.3 is 12.2 Å². The van der Waals surface area contributed by atoms with E-state index in [2.05, 4.69) is 5.32 Å². The number of nitrogens with one attached hydrogen (secondary N) is 1. The minimum absolute atomic E-state index is 0.118. The molecule has 1 N–H and O–H groups in total. The van der Waals surface area contributed by atoms with Crippen LogP contribution in [0, 0.1) is 11.8 Å². The lowest BCUT2D eigenvalue weighted by Gasteiger charge is -2.39. The average molecular weight is 427 g/mol. The number of ether oxygens (including phenoxy) is 1. The van der Waals surface area contributed by atoms with Crippen molar-refractivity contribution >= 4 is 17.6 Å². The number of hydrogen-bond acceptors (Lipinski definition) is 3. The fourth-order valence-corrected chi connectivity index (χ4v) is 4.14. The van der Waals surface area contributed by atoms with Gasteiger partial charge in [0.1, 0.15) is 0 Å². The van der Waals surface area contributed by atoms with E-state index in [1.54, 1.807) is 4.90 Å². The lowest BCUT2D eigenvalue weighted by molar-refractivity contribution is -0.138. The van der Waals surface area contributed by atoms with Crippen LogP contribution in [0.4, 0.5) is 23.7 Å². The van der Waals surface area contributed by atoms with Gasteiger partial charge in [-0.15, -0.1) is 0 Å². The van der Waals surface area contributed by atoms with Crippen LogP contribution in [0.15, 0.2) is 24.3 Å². The molecule has 2 fully saturated rings. The van der Waals surface area contributed by atoms with Crippen molar-refractivity contribution in [2.75, 3.05) is 44.7 Å². The SMILES string of the molecule is CC[C@@H]1CN(C(=O)Nc2cccc(C(F)(F)F)c2)CC[C@H]1CC(=O)N1CCOCC1. The molecule has 166 valence electrons. The van der Waals surface area contributed by atoms with Crippen molar-refractivity contribution in [3.8, 4) is 0 Å². The molecular weight excluding hydrogens is 399 g/mol. The third kappa shape index (κ3) is 5.65. The molecule has 2 saturated heterocycles. The number of halogens is 3. The highest BCUT2D eigenvalue weighted by molar-refractivity contribution is 5.89. The smallest absolute Gasteiger partial charge is 0.378 e. The van der Waals surface area contributed by atoms with Crippen molar-refractivity contribution in [1.29, 1.82) is 0 Å². The van der Waals surface area contributed by atoms with Crippen LogP contribution in [0.25, 0.3) is 0 Å². The first kappa shape index (κ1) is 22.4. The van der Waals surface area contributed by atoms with E-state index >= 15 is 0 Å². The largest absolute Gasteiger partial charge is 0.416 e.